The van der Waals surface area contributed by atoms with E-state index in [9.17, 15) is 0 Å². The number of nitrogens with two attached hydrogens (primary N) is 1. The lowest BCUT2D eigenvalue weighted by Crippen LogP contribution is -2.21. The van der Waals surface area contributed by atoms with Crippen LogP contribution in [0.15, 0.2) is 18.2 Å². The Balaban J connectivity index is 3.41. The third kappa shape index (κ3) is 1.25. The summed E-state index contributed by atoms with van der Waals surface area (Å²) in [5.74, 6) is 0. The molecule has 2 nitrogen and oxygen atoms in total. The van der Waals surface area contributed by atoms with Crippen molar-refractivity contribution in [2.45, 2.75) is 0 Å². The van der Waals surface area contributed by atoms with E-state index in [0.29, 0.717) is 0 Å². The molecule has 10 heavy (non-hydrogen) atoms. The lowest BCUT2D eigenvalue weighted by molar-refractivity contribution is 1.30. The first-order chi connectivity index (χ1) is 4.88. The summed E-state index contributed by atoms with van der Waals surface area (Å²) in [5, 5.41) is 0.824. The van der Waals surface area contributed by atoms with Crippen LogP contribution < -0.4 is 15.6 Å². The van der Waals surface area contributed by atoms with E-state index < -0.39 is 0 Å². The van der Waals surface area contributed by atoms with Crippen molar-refractivity contribution in [1.29, 1.82) is 0 Å². The van der Waals surface area contributed by atoms with Gasteiger partial charge in [-0.2, -0.15) is 0 Å². The smallest absolute Gasteiger partial charge is 0.0966 e. The molecular formula is C7H8N2S. The van der Waals surface area contributed by atoms with E-state index in [1.807, 2.05) is 6.08 Å². The van der Waals surface area contributed by atoms with Crippen LogP contribution in [0, 0.1) is 0 Å². The molecule has 0 saturated heterocycles. The molecule has 0 atom stereocenters. The molecule has 0 fully saturated rings. The Morgan fingerprint density at radius 1 is 1.70 bits per heavy atom. The average Bonchev–Trinajstić information content (AvgIpc) is 2.36. The number of aromatic nitrogens is 1. The lowest BCUT2D eigenvalue weighted by Gasteiger charge is -1.71. The molecule has 3 heteroatoms. The molecule has 0 bridgehead atoms. The Kier molecular flexibility index (Phi) is 2.23. The van der Waals surface area contributed by atoms with Gasteiger partial charge in [0.05, 0.1) is 15.4 Å². The molecule has 1 aromatic rings. The van der Waals surface area contributed by atoms with E-state index in [1.54, 1.807) is 22.9 Å². The van der Waals surface area contributed by atoms with Crippen LogP contribution in [0.25, 0.3) is 12.3 Å². The summed E-state index contributed by atoms with van der Waals surface area (Å²) in [5.41, 5.74) is 7.05. The average molecular weight is 152 g/mol. The van der Waals surface area contributed by atoms with E-state index in [4.69, 9.17) is 5.73 Å². The SMILES string of the molecule is C=C/C=c1/scn/c1=C/N. The van der Waals surface area contributed by atoms with Crippen molar-refractivity contribution in [1.82, 2.24) is 4.98 Å². The number of nitrogens with zero attached hydrogens (tertiary/aromatic N) is 1. The number of thiazole rings is 1. The van der Waals surface area contributed by atoms with Crippen LogP contribution in [-0.2, 0) is 0 Å². The summed E-state index contributed by atoms with van der Waals surface area (Å²) >= 11 is 1.55. The third-order valence-corrected chi connectivity index (χ3v) is 1.86. The second kappa shape index (κ2) is 3.17. The molecule has 0 spiro atoms. The maximum atomic E-state index is 5.29. The summed E-state index contributed by atoms with van der Waals surface area (Å²) in [7, 11) is 0. The van der Waals surface area contributed by atoms with E-state index in [1.165, 1.54) is 6.20 Å². The number of hydrogen-bond acceptors (Lipinski definition) is 3. The van der Waals surface area contributed by atoms with Crippen LogP contribution in [0.2, 0.25) is 0 Å². The molecule has 0 aromatic carbocycles. The lowest BCUT2D eigenvalue weighted by atomic mass is 10.5. The first-order valence-electron chi connectivity index (χ1n) is 2.82. The van der Waals surface area contributed by atoms with Crippen LogP contribution in [0.5, 0.6) is 0 Å². The molecule has 0 aliphatic heterocycles. The molecule has 0 aliphatic rings. The minimum atomic E-state index is 0.824. The molecule has 1 heterocycles. The maximum absolute atomic E-state index is 5.29. The zero-order valence-corrected chi connectivity index (χ0v) is 6.27. The fourth-order valence-electron chi connectivity index (χ4n) is 0.621. The highest BCUT2D eigenvalue weighted by atomic mass is 32.1. The van der Waals surface area contributed by atoms with Crippen molar-refractivity contribution < 1.29 is 0 Å². The van der Waals surface area contributed by atoms with Gasteiger partial charge in [0.1, 0.15) is 0 Å². The molecule has 0 aliphatic carbocycles. The standard InChI is InChI=1S/C7H8N2S/c1-2-3-7-6(4-8)9-5-10-7/h2-5H,1,8H2/b6-4+,7-3+. The zero-order valence-electron chi connectivity index (χ0n) is 5.45. The van der Waals surface area contributed by atoms with E-state index in [2.05, 4.69) is 11.6 Å². The predicted molar refractivity (Wildman–Crippen MR) is 44.7 cm³/mol. The Labute approximate surface area is 63.0 Å². The van der Waals surface area contributed by atoms with Gasteiger partial charge in [0, 0.05) is 6.20 Å². The molecule has 1 rings (SSSR count). The van der Waals surface area contributed by atoms with Gasteiger partial charge in [0.15, 0.2) is 0 Å². The maximum Gasteiger partial charge on any atom is 0.0966 e. The van der Waals surface area contributed by atoms with Crippen molar-refractivity contribution in [3.8, 4) is 0 Å². The van der Waals surface area contributed by atoms with Gasteiger partial charge in [-0.05, 0) is 6.08 Å². The van der Waals surface area contributed by atoms with Crippen molar-refractivity contribution in [2.24, 2.45) is 5.73 Å². The highest BCUT2D eigenvalue weighted by Gasteiger charge is 1.82. The molecule has 52 valence electrons. The summed E-state index contributed by atoms with van der Waals surface area (Å²) in [6.07, 6.45) is 5.10. The number of rotatable bonds is 1. The number of allylic oxidation sites excluding steroid dienone is 1. The molecule has 1 aromatic heterocycles. The number of hydrogen-bond donors (Lipinski definition) is 1. The first-order valence-corrected chi connectivity index (χ1v) is 3.70. The van der Waals surface area contributed by atoms with Gasteiger partial charge in [-0.3, -0.25) is 0 Å². The Morgan fingerprint density at radius 3 is 3.10 bits per heavy atom. The minimum Gasteiger partial charge on any atom is -0.403 e. The van der Waals surface area contributed by atoms with Gasteiger partial charge in [-0.1, -0.05) is 12.7 Å². The first kappa shape index (κ1) is 7.02. The van der Waals surface area contributed by atoms with Crippen LogP contribution in [0.1, 0.15) is 0 Å². The van der Waals surface area contributed by atoms with Crippen molar-refractivity contribution in [3.05, 3.63) is 28.0 Å². The van der Waals surface area contributed by atoms with E-state index >= 15 is 0 Å². The molecule has 0 saturated carbocycles. The van der Waals surface area contributed by atoms with Gasteiger partial charge < -0.3 is 5.73 Å². The van der Waals surface area contributed by atoms with Gasteiger partial charge in [0.25, 0.3) is 0 Å². The highest BCUT2D eigenvalue weighted by Crippen LogP contribution is 1.75. The fourth-order valence-corrected chi connectivity index (χ4v) is 1.32. The minimum absolute atomic E-state index is 0.824. The van der Waals surface area contributed by atoms with Gasteiger partial charge in [-0.15, -0.1) is 11.3 Å². The zero-order chi connectivity index (χ0) is 7.40. The normalized spacial score (nSPS) is 14.0. The van der Waals surface area contributed by atoms with Gasteiger partial charge >= 0.3 is 0 Å². The summed E-state index contributed by atoms with van der Waals surface area (Å²) in [6, 6.07) is 0. The predicted octanol–water partition coefficient (Wildman–Crippen LogP) is -0.194. The topological polar surface area (TPSA) is 38.9 Å². The van der Waals surface area contributed by atoms with Crippen molar-refractivity contribution in [3.63, 3.8) is 0 Å². The molecule has 0 radical (unpaired) electrons. The van der Waals surface area contributed by atoms with Crippen molar-refractivity contribution >= 4 is 23.6 Å². The Morgan fingerprint density at radius 2 is 2.50 bits per heavy atom. The Hall–Kier alpha value is -1.09. The van der Waals surface area contributed by atoms with Crippen LogP contribution >= 0.6 is 11.3 Å². The quantitative estimate of drug-likeness (QED) is 0.605. The molecule has 2 N–H and O–H groups in total. The fraction of sp³-hybridized carbons (Fsp3) is 0. The second-order valence-corrected chi connectivity index (χ2v) is 2.56. The summed E-state index contributed by atoms with van der Waals surface area (Å²) < 4.78 is 1.05. The Bertz CT molecular complexity index is 324. The van der Waals surface area contributed by atoms with E-state index in [-0.39, 0.29) is 0 Å². The van der Waals surface area contributed by atoms with E-state index in [0.717, 1.165) is 9.88 Å². The summed E-state index contributed by atoms with van der Waals surface area (Å²) in [4.78, 5) is 4.01. The monoisotopic (exact) mass is 152 g/mol. The van der Waals surface area contributed by atoms with Crippen LogP contribution in [0.3, 0.4) is 0 Å². The van der Waals surface area contributed by atoms with Gasteiger partial charge in [-0.25, -0.2) is 4.98 Å². The second-order valence-electron chi connectivity index (χ2n) is 1.67. The molecular weight excluding hydrogens is 144 g/mol. The van der Waals surface area contributed by atoms with Crippen LogP contribution in [0.4, 0.5) is 0 Å². The highest BCUT2D eigenvalue weighted by molar-refractivity contribution is 7.07. The molecule has 0 unspecified atom stereocenters. The summed E-state index contributed by atoms with van der Waals surface area (Å²) in [6.45, 7) is 3.58. The van der Waals surface area contributed by atoms with Crippen LogP contribution in [-0.4, -0.2) is 4.98 Å². The van der Waals surface area contributed by atoms with Gasteiger partial charge in [0.2, 0.25) is 0 Å². The third-order valence-electron chi connectivity index (χ3n) is 1.05. The largest absolute Gasteiger partial charge is 0.403 e. The molecule has 0 amide bonds. The van der Waals surface area contributed by atoms with Crippen molar-refractivity contribution in [2.75, 3.05) is 0 Å².